The molecule has 0 aliphatic rings. The third-order valence-electron chi connectivity index (χ3n) is 10.3. The summed E-state index contributed by atoms with van der Waals surface area (Å²) in [5.74, 6) is 0. The van der Waals surface area contributed by atoms with Crippen molar-refractivity contribution in [2.45, 2.75) is 0 Å². The Morgan fingerprint density at radius 2 is 0.720 bits per heavy atom. The molecule has 0 aliphatic heterocycles. The highest BCUT2D eigenvalue weighted by atomic mass is 14.2. The molecule has 0 heteroatoms. The molecule has 0 aliphatic carbocycles. The van der Waals surface area contributed by atoms with E-state index >= 15 is 0 Å². The molecule has 0 atom stereocenters. The molecule has 50 heavy (non-hydrogen) atoms. The van der Waals surface area contributed by atoms with Crippen LogP contribution in [0.1, 0.15) is 9.60 Å². The maximum atomic E-state index is 9.97. The van der Waals surface area contributed by atoms with Crippen LogP contribution >= 0.6 is 0 Å². The molecule has 0 radical (unpaired) electrons. The highest BCUT2D eigenvalue weighted by Gasteiger charge is 2.17. The van der Waals surface area contributed by atoms with Gasteiger partial charge in [-0.1, -0.05) is 176 Å². The summed E-state index contributed by atoms with van der Waals surface area (Å²) in [6, 6.07) is 44.2. The minimum Gasteiger partial charge on any atom is -0.0622 e. The minimum atomic E-state index is -0.355. The second-order valence-corrected chi connectivity index (χ2v) is 13.1. The van der Waals surface area contributed by atoms with Gasteiger partial charge in [-0.3, -0.25) is 0 Å². The van der Waals surface area contributed by atoms with Gasteiger partial charge in [-0.25, -0.2) is 0 Å². The standard InChI is InChI=1S/C50H30/c1-2-6-32(7-3-1)42-26-24-40(30-46(42)43-27-21-39-19-17-35-9-5-11-37-23-29-45(43)50(39)48(35)37)31-12-14-33(15-13-31)41-25-20-38-18-16-34-8-4-10-36-22-28-44(41)49(38)47(34)36/h1-30H/i12D,13D,14D,15D,24D,26D,30D. The van der Waals surface area contributed by atoms with Gasteiger partial charge in [0.2, 0.25) is 0 Å². The van der Waals surface area contributed by atoms with Crippen LogP contribution in [-0.4, -0.2) is 0 Å². The number of benzene rings is 11. The zero-order chi connectivity index (χ0) is 38.9. The van der Waals surface area contributed by atoms with Gasteiger partial charge in [0.15, 0.2) is 0 Å². The second-order valence-electron chi connectivity index (χ2n) is 13.1. The summed E-state index contributed by atoms with van der Waals surface area (Å²) in [5.41, 5.74) is 2.65. The average Bonchev–Trinajstić information content (AvgIpc) is 3.24. The normalized spacial score (nSPS) is 14.0. The molecule has 0 unspecified atom stereocenters. The predicted molar refractivity (Wildman–Crippen MR) is 216 cm³/mol. The first-order chi connectivity index (χ1) is 27.7. The molecular weight excluding hydrogens is 601 g/mol. The lowest BCUT2D eigenvalue weighted by molar-refractivity contribution is 1.57. The molecule has 0 nitrogen and oxygen atoms in total. The van der Waals surface area contributed by atoms with E-state index in [0.29, 0.717) is 27.8 Å². The Hall–Kier alpha value is -6.50. The van der Waals surface area contributed by atoms with Crippen LogP contribution in [0, 0.1) is 0 Å². The Bertz CT molecular complexity index is 3420. The van der Waals surface area contributed by atoms with Crippen molar-refractivity contribution in [3.63, 3.8) is 0 Å². The van der Waals surface area contributed by atoms with Crippen molar-refractivity contribution in [1.29, 1.82) is 0 Å². The topological polar surface area (TPSA) is 0 Å². The fourth-order valence-corrected chi connectivity index (χ4v) is 8.03. The van der Waals surface area contributed by atoms with Crippen LogP contribution in [0.25, 0.3) is 109 Å². The first-order valence-electron chi connectivity index (χ1n) is 20.4. The van der Waals surface area contributed by atoms with Crippen molar-refractivity contribution in [2.75, 3.05) is 0 Å². The van der Waals surface area contributed by atoms with Crippen molar-refractivity contribution in [3.8, 4) is 44.5 Å². The summed E-state index contributed by atoms with van der Waals surface area (Å²) >= 11 is 0. The van der Waals surface area contributed by atoms with E-state index in [2.05, 4.69) is 54.6 Å². The van der Waals surface area contributed by atoms with E-state index < -0.39 is 0 Å². The molecule has 0 aromatic heterocycles. The quantitative estimate of drug-likeness (QED) is 0.168. The summed E-state index contributed by atoms with van der Waals surface area (Å²) in [4.78, 5) is 0. The van der Waals surface area contributed by atoms with Crippen molar-refractivity contribution in [3.05, 3.63) is 182 Å². The number of rotatable bonds is 4. The first kappa shape index (κ1) is 21.5. The summed E-state index contributed by atoms with van der Waals surface area (Å²) in [6.45, 7) is 0. The van der Waals surface area contributed by atoms with Gasteiger partial charge >= 0.3 is 0 Å². The van der Waals surface area contributed by atoms with Gasteiger partial charge in [0, 0.05) is 0 Å². The largest absolute Gasteiger partial charge is 0.0636 e. The second kappa shape index (κ2) is 10.5. The zero-order valence-electron chi connectivity index (χ0n) is 33.8. The number of hydrogen-bond donors (Lipinski definition) is 0. The van der Waals surface area contributed by atoms with Crippen LogP contribution in [0.5, 0.6) is 0 Å². The molecule has 0 fully saturated rings. The molecule has 11 rings (SSSR count). The maximum absolute atomic E-state index is 9.97. The van der Waals surface area contributed by atoms with Gasteiger partial charge in [0.25, 0.3) is 0 Å². The molecule has 11 aromatic rings. The summed E-state index contributed by atoms with van der Waals surface area (Å²) in [7, 11) is 0. The lowest BCUT2D eigenvalue weighted by Gasteiger charge is -2.18. The van der Waals surface area contributed by atoms with Crippen LogP contribution < -0.4 is 0 Å². The highest BCUT2D eigenvalue weighted by molar-refractivity contribution is 6.27. The van der Waals surface area contributed by atoms with Crippen molar-refractivity contribution in [2.24, 2.45) is 0 Å². The summed E-state index contributed by atoms with van der Waals surface area (Å²) in [6.07, 6.45) is 0. The molecule has 0 spiro atoms. The lowest BCUT2D eigenvalue weighted by atomic mass is 9.86. The fourth-order valence-electron chi connectivity index (χ4n) is 8.03. The Morgan fingerprint density at radius 1 is 0.260 bits per heavy atom. The van der Waals surface area contributed by atoms with Gasteiger partial charge in [-0.05, 0) is 115 Å². The van der Waals surface area contributed by atoms with Crippen LogP contribution in [0.15, 0.2) is 182 Å². The lowest BCUT2D eigenvalue weighted by Crippen LogP contribution is -1.91. The van der Waals surface area contributed by atoms with E-state index in [4.69, 9.17) is 0 Å². The first-order valence-corrected chi connectivity index (χ1v) is 16.9. The zero-order valence-corrected chi connectivity index (χ0v) is 26.8. The highest BCUT2D eigenvalue weighted by Crippen LogP contribution is 2.44. The van der Waals surface area contributed by atoms with E-state index in [0.717, 1.165) is 64.6 Å². The molecule has 11 aromatic carbocycles. The average molecular weight is 638 g/mol. The molecular formula is C50H30. The number of hydrogen-bond acceptors (Lipinski definition) is 0. The van der Waals surface area contributed by atoms with E-state index in [1.54, 1.807) is 0 Å². The van der Waals surface area contributed by atoms with Gasteiger partial charge in [0.1, 0.15) is 0 Å². The van der Waals surface area contributed by atoms with E-state index in [1.165, 1.54) is 0 Å². The Labute approximate surface area is 300 Å². The van der Waals surface area contributed by atoms with Gasteiger partial charge < -0.3 is 0 Å². The van der Waals surface area contributed by atoms with Gasteiger partial charge in [0.05, 0.1) is 9.60 Å². The molecule has 0 saturated carbocycles. The monoisotopic (exact) mass is 637 g/mol. The summed E-state index contributed by atoms with van der Waals surface area (Å²) in [5, 5.41) is 12.3. The Kier molecular flexibility index (Phi) is 4.51. The van der Waals surface area contributed by atoms with E-state index in [-0.39, 0.29) is 59.0 Å². The molecule has 0 amide bonds. The molecule has 0 saturated heterocycles. The fraction of sp³-hybridized carbons (Fsp3) is 0. The SMILES string of the molecule is [2H]c1c([2H])c(-c2ccc3ccc4cccc5ccc2c3c45)c([2H])c([2H])c1-c1c([2H])c([2H])c(-c2ccccc2)c(-c2ccc3ccc4cccc5ccc2c3c45)c1[2H]. The maximum Gasteiger partial charge on any atom is 0.0636 e. The third-order valence-corrected chi connectivity index (χ3v) is 10.3. The van der Waals surface area contributed by atoms with Gasteiger partial charge in [-0.15, -0.1) is 0 Å². The third kappa shape index (κ3) is 4.00. The van der Waals surface area contributed by atoms with Crippen LogP contribution in [0.4, 0.5) is 0 Å². The molecule has 0 N–H and O–H groups in total. The van der Waals surface area contributed by atoms with Crippen LogP contribution in [-0.2, 0) is 0 Å². The molecule has 230 valence electrons. The molecule has 0 heterocycles. The summed E-state index contributed by atoms with van der Waals surface area (Å²) < 4.78 is 66.8. The smallest absolute Gasteiger partial charge is 0.0622 e. The predicted octanol–water partition coefficient (Wildman–Crippen LogP) is 14.1. The van der Waals surface area contributed by atoms with E-state index in [9.17, 15) is 9.60 Å². The van der Waals surface area contributed by atoms with Crippen molar-refractivity contribution in [1.82, 2.24) is 0 Å². The Morgan fingerprint density at radius 3 is 1.32 bits per heavy atom. The molecule has 0 bridgehead atoms. The van der Waals surface area contributed by atoms with Gasteiger partial charge in [-0.2, -0.15) is 0 Å². The minimum absolute atomic E-state index is 0.0979. The Balaban J connectivity index is 1.21. The van der Waals surface area contributed by atoms with Crippen LogP contribution in [0.2, 0.25) is 0 Å². The van der Waals surface area contributed by atoms with Crippen molar-refractivity contribution < 1.29 is 9.60 Å². The van der Waals surface area contributed by atoms with Crippen molar-refractivity contribution >= 4 is 64.6 Å². The van der Waals surface area contributed by atoms with Crippen LogP contribution in [0.3, 0.4) is 0 Å². The van der Waals surface area contributed by atoms with E-state index in [1.807, 2.05) is 84.9 Å².